The molecule has 0 aliphatic rings. The van der Waals surface area contributed by atoms with E-state index < -0.39 is 0 Å². The van der Waals surface area contributed by atoms with Crippen LogP contribution < -0.4 is 0 Å². The zero-order chi connectivity index (χ0) is 34.2. The molecule has 0 saturated carbocycles. The van der Waals surface area contributed by atoms with Gasteiger partial charge in [-0.3, -0.25) is 0 Å². The number of thiophene rings is 1. The number of aromatic nitrogens is 3. The minimum absolute atomic E-state index is 0.712. The van der Waals surface area contributed by atoms with Crippen LogP contribution >= 0.6 is 11.3 Å². The Morgan fingerprint density at radius 2 is 1.08 bits per heavy atom. The van der Waals surface area contributed by atoms with Gasteiger partial charge in [0.1, 0.15) is 0 Å². The summed E-state index contributed by atoms with van der Waals surface area (Å²) in [6.45, 7) is 0. The van der Waals surface area contributed by atoms with Crippen LogP contribution in [0.25, 0.3) is 103 Å². The molecule has 8 aromatic carbocycles. The molecule has 0 saturated heterocycles. The number of para-hydroxylation sites is 1. The van der Waals surface area contributed by atoms with Crippen molar-refractivity contribution < 1.29 is 0 Å². The van der Waals surface area contributed by atoms with Crippen molar-refractivity contribution in [3.8, 4) is 39.5 Å². The van der Waals surface area contributed by atoms with Crippen LogP contribution in [0.4, 0.5) is 0 Å². The number of benzene rings is 8. The molecule has 0 radical (unpaired) electrons. The first-order valence-corrected chi connectivity index (χ1v) is 18.4. The average molecular weight is 680 g/mol. The molecule has 11 aromatic rings. The summed E-state index contributed by atoms with van der Waals surface area (Å²) in [4.78, 5) is 10.6. The predicted molar refractivity (Wildman–Crippen MR) is 221 cm³/mol. The second kappa shape index (κ2) is 11.5. The van der Waals surface area contributed by atoms with Gasteiger partial charge in [-0.15, -0.1) is 11.3 Å². The molecule has 242 valence electrons. The van der Waals surface area contributed by atoms with Gasteiger partial charge in [-0.25, -0.2) is 9.97 Å². The van der Waals surface area contributed by atoms with Crippen molar-refractivity contribution >= 4 is 75.0 Å². The normalized spacial score (nSPS) is 11.8. The van der Waals surface area contributed by atoms with Gasteiger partial charge in [0.15, 0.2) is 5.82 Å². The minimum Gasteiger partial charge on any atom is -0.309 e. The summed E-state index contributed by atoms with van der Waals surface area (Å²) in [5.74, 6) is 0.712. The molecular weight excluding hydrogens is 651 g/mol. The molecule has 4 heteroatoms. The van der Waals surface area contributed by atoms with Gasteiger partial charge < -0.3 is 4.57 Å². The van der Waals surface area contributed by atoms with Gasteiger partial charge in [-0.2, -0.15) is 0 Å². The first-order chi connectivity index (χ1) is 25.8. The maximum absolute atomic E-state index is 5.33. The van der Waals surface area contributed by atoms with Crippen LogP contribution in [-0.2, 0) is 0 Å². The van der Waals surface area contributed by atoms with E-state index in [-0.39, 0.29) is 0 Å². The minimum atomic E-state index is 0.712. The van der Waals surface area contributed by atoms with E-state index in [0.717, 1.165) is 38.8 Å². The lowest BCUT2D eigenvalue weighted by atomic mass is 9.95. The van der Waals surface area contributed by atoms with Crippen molar-refractivity contribution in [2.75, 3.05) is 0 Å². The third-order valence-corrected chi connectivity index (χ3v) is 11.5. The maximum atomic E-state index is 5.33. The van der Waals surface area contributed by atoms with Crippen LogP contribution in [-0.4, -0.2) is 14.5 Å². The Balaban J connectivity index is 1.11. The van der Waals surface area contributed by atoms with Gasteiger partial charge in [0, 0.05) is 58.5 Å². The SMILES string of the molecule is c1ccc(-c2cccc3c2ccc2c(-c4ccccc4)nc(-c4ccc(-n5c6ccccc6c6cc7sc8ccccc8c7cc65)cc4)nc23)cc1. The Hall–Kier alpha value is -6.62. The Morgan fingerprint density at radius 1 is 0.385 bits per heavy atom. The summed E-state index contributed by atoms with van der Waals surface area (Å²) in [7, 11) is 0. The number of fused-ring (bicyclic) bond motifs is 9. The summed E-state index contributed by atoms with van der Waals surface area (Å²) in [5.41, 5.74) is 9.85. The molecule has 3 heterocycles. The molecule has 0 aliphatic heterocycles. The van der Waals surface area contributed by atoms with Crippen LogP contribution in [0.1, 0.15) is 0 Å². The zero-order valence-corrected chi connectivity index (χ0v) is 28.8. The van der Waals surface area contributed by atoms with Gasteiger partial charge in [0.05, 0.1) is 22.2 Å². The fourth-order valence-corrected chi connectivity index (χ4v) is 9.12. The van der Waals surface area contributed by atoms with E-state index in [1.807, 2.05) is 11.3 Å². The number of hydrogen-bond donors (Lipinski definition) is 0. The largest absolute Gasteiger partial charge is 0.309 e. The van der Waals surface area contributed by atoms with Crippen molar-refractivity contribution in [1.82, 2.24) is 14.5 Å². The average Bonchev–Trinajstić information content (AvgIpc) is 3.74. The quantitative estimate of drug-likeness (QED) is 0.173. The van der Waals surface area contributed by atoms with E-state index in [0.29, 0.717) is 5.82 Å². The van der Waals surface area contributed by atoms with Gasteiger partial charge >= 0.3 is 0 Å². The fraction of sp³-hybridized carbons (Fsp3) is 0. The lowest BCUT2D eigenvalue weighted by Crippen LogP contribution is -1.97. The van der Waals surface area contributed by atoms with Crippen molar-refractivity contribution in [3.05, 3.63) is 176 Å². The van der Waals surface area contributed by atoms with E-state index in [1.165, 1.54) is 58.5 Å². The molecule has 0 fully saturated rings. The molecule has 52 heavy (non-hydrogen) atoms. The lowest BCUT2D eigenvalue weighted by Gasteiger charge is -2.14. The van der Waals surface area contributed by atoms with Crippen LogP contribution in [0.2, 0.25) is 0 Å². The lowest BCUT2D eigenvalue weighted by molar-refractivity contribution is 1.18. The van der Waals surface area contributed by atoms with Crippen molar-refractivity contribution in [2.45, 2.75) is 0 Å². The van der Waals surface area contributed by atoms with Crippen molar-refractivity contribution in [2.24, 2.45) is 0 Å². The standard InChI is InChI=1S/C48H29N3S/c1-3-12-30(13-4-1)34-18-11-19-38-35(34)26-27-39-46(31-14-5-2-6-15-31)49-48(50-47(38)39)32-22-24-33(25-23-32)51-42-20-9-7-16-36(42)40-29-45-41(28-43(40)51)37-17-8-10-21-44(37)52-45/h1-29H. The third kappa shape index (κ3) is 4.45. The van der Waals surface area contributed by atoms with E-state index in [9.17, 15) is 0 Å². The molecule has 3 nitrogen and oxygen atoms in total. The molecule has 0 aliphatic carbocycles. The fourth-order valence-electron chi connectivity index (χ4n) is 7.99. The Labute approximate surface area is 303 Å². The highest BCUT2D eigenvalue weighted by Gasteiger charge is 2.18. The van der Waals surface area contributed by atoms with E-state index in [4.69, 9.17) is 9.97 Å². The van der Waals surface area contributed by atoms with Crippen LogP contribution in [0.15, 0.2) is 176 Å². The van der Waals surface area contributed by atoms with Crippen LogP contribution in [0.5, 0.6) is 0 Å². The molecule has 3 aromatic heterocycles. The second-order valence-corrected chi connectivity index (χ2v) is 14.4. The molecule has 0 amide bonds. The molecule has 0 atom stereocenters. The second-order valence-electron chi connectivity index (χ2n) is 13.4. The first kappa shape index (κ1) is 29.1. The maximum Gasteiger partial charge on any atom is 0.160 e. The highest BCUT2D eigenvalue weighted by atomic mass is 32.1. The first-order valence-electron chi connectivity index (χ1n) is 17.6. The number of hydrogen-bond acceptors (Lipinski definition) is 3. The molecule has 11 rings (SSSR count). The summed E-state index contributed by atoms with van der Waals surface area (Å²) in [6.07, 6.45) is 0. The highest BCUT2D eigenvalue weighted by Crippen LogP contribution is 2.41. The monoisotopic (exact) mass is 679 g/mol. The summed E-state index contributed by atoms with van der Waals surface area (Å²) in [5, 5.41) is 8.48. The summed E-state index contributed by atoms with van der Waals surface area (Å²) < 4.78 is 5.04. The summed E-state index contributed by atoms with van der Waals surface area (Å²) >= 11 is 1.87. The van der Waals surface area contributed by atoms with Gasteiger partial charge in [-0.1, -0.05) is 121 Å². The van der Waals surface area contributed by atoms with Gasteiger partial charge in [0.25, 0.3) is 0 Å². The molecular formula is C48H29N3S. The van der Waals surface area contributed by atoms with Gasteiger partial charge in [0.2, 0.25) is 0 Å². The van der Waals surface area contributed by atoms with Crippen LogP contribution in [0, 0.1) is 0 Å². The Morgan fingerprint density at radius 3 is 1.90 bits per heavy atom. The third-order valence-electron chi connectivity index (χ3n) is 10.4. The van der Waals surface area contributed by atoms with Crippen LogP contribution in [0.3, 0.4) is 0 Å². The van der Waals surface area contributed by atoms with Crippen molar-refractivity contribution in [3.63, 3.8) is 0 Å². The Bertz CT molecular complexity index is 3160. The molecule has 0 bridgehead atoms. The summed E-state index contributed by atoms with van der Waals surface area (Å²) in [6, 6.07) is 63.0. The van der Waals surface area contributed by atoms with E-state index >= 15 is 0 Å². The molecule has 0 unspecified atom stereocenters. The van der Waals surface area contributed by atoms with E-state index in [2.05, 4.69) is 180 Å². The predicted octanol–water partition coefficient (Wildman–Crippen LogP) is 13.2. The number of nitrogens with zero attached hydrogens (tertiary/aromatic N) is 3. The smallest absolute Gasteiger partial charge is 0.160 e. The number of rotatable bonds is 4. The zero-order valence-electron chi connectivity index (χ0n) is 28.0. The molecule has 0 N–H and O–H groups in total. The molecule has 0 spiro atoms. The highest BCUT2D eigenvalue weighted by molar-refractivity contribution is 7.25. The topological polar surface area (TPSA) is 30.7 Å². The Kier molecular flexibility index (Phi) is 6.42. The van der Waals surface area contributed by atoms with Crippen molar-refractivity contribution in [1.29, 1.82) is 0 Å². The van der Waals surface area contributed by atoms with E-state index in [1.54, 1.807) is 0 Å². The van der Waals surface area contributed by atoms with Gasteiger partial charge in [-0.05, 0) is 71.1 Å².